The molecule has 5 rings (SSSR count). The van der Waals surface area contributed by atoms with Crippen molar-refractivity contribution in [3.8, 4) is 11.4 Å². The predicted molar refractivity (Wildman–Crippen MR) is 128 cm³/mol. The van der Waals surface area contributed by atoms with Gasteiger partial charge < -0.3 is 20.3 Å². The molecule has 0 bridgehead atoms. The van der Waals surface area contributed by atoms with Crippen LogP contribution in [0.15, 0.2) is 49.2 Å². The van der Waals surface area contributed by atoms with Crippen LogP contribution >= 0.6 is 11.6 Å². The molecule has 1 aliphatic heterocycles. The number of amides is 1. The standard InChI is InChI=1S/C22H22ClN9O4/c1-24-31-21(35)17-15(33)16(34)22(36-17)32-10-28-14-19(27-9-13-4-2-3-5-26-13)29-18(30-20(14)32)11-6-12(23)8-25-7-11/h2-8,10,15-17,22,24,33-34H,9H2,1H3,(H,31,35)(H,27,29,30)/t15-,16+,17-,22+/m0/s1. The van der Waals surface area contributed by atoms with Gasteiger partial charge in [0.15, 0.2) is 35.1 Å². The molecule has 4 aromatic heterocycles. The molecule has 0 radical (unpaired) electrons. The average molecular weight is 512 g/mol. The number of hydrogen-bond donors (Lipinski definition) is 5. The number of hydrazine groups is 1. The first kappa shape index (κ1) is 24.0. The summed E-state index contributed by atoms with van der Waals surface area (Å²) >= 11 is 6.13. The number of ether oxygens (including phenoxy) is 1. The van der Waals surface area contributed by atoms with E-state index < -0.39 is 30.4 Å². The third kappa shape index (κ3) is 4.57. The number of pyridine rings is 2. The summed E-state index contributed by atoms with van der Waals surface area (Å²) in [5.74, 6) is 0.0613. The minimum absolute atomic E-state index is 0.292. The van der Waals surface area contributed by atoms with E-state index in [-0.39, 0.29) is 0 Å². The van der Waals surface area contributed by atoms with Crippen molar-refractivity contribution in [3.05, 3.63) is 59.9 Å². The van der Waals surface area contributed by atoms with E-state index in [0.717, 1.165) is 5.69 Å². The van der Waals surface area contributed by atoms with Crippen LogP contribution in [0.25, 0.3) is 22.6 Å². The van der Waals surface area contributed by atoms with Crippen LogP contribution in [-0.2, 0) is 16.1 Å². The number of nitrogens with one attached hydrogen (secondary N) is 3. The highest BCUT2D eigenvalue weighted by atomic mass is 35.5. The molecule has 4 atom stereocenters. The molecule has 36 heavy (non-hydrogen) atoms. The van der Waals surface area contributed by atoms with Gasteiger partial charge in [0.05, 0.1) is 23.6 Å². The number of fused-ring (bicyclic) bond motifs is 1. The summed E-state index contributed by atoms with van der Waals surface area (Å²) in [6.07, 6.45) is 0.816. The van der Waals surface area contributed by atoms with Crippen LogP contribution in [0.3, 0.4) is 0 Å². The molecular formula is C22H22ClN9O4. The lowest BCUT2D eigenvalue weighted by Gasteiger charge is -2.17. The van der Waals surface area contributed by atoms with Crippen LogP contribution in [0, 0.1) is 0 Å². The molecule has 13 nitrogen and oxygen atoms in total. The molecular weight excluding hydrogens is 490 g/mol. The van der Waals surface area contributed by atoms with Gasteiger partial charge in [-0.15, -0.1) is 0 Å². The van der Waals surface area contributed by atoms with E-state index in [4.69, 9.17) is 16.3 Å². The molecule has 0 aromatic carbocycles. The van der Waals surface area contributed by atoms with Gasteiger partial charge in [-0.3, -0.25) is 24.8 Å². The second-order valence-electron chi connectivity index (χ2n) is 7.95. The Kier molecular flexibility index (Phi) is 6.71. The van der Waals surface area contributed by atoms with Gasteiger partial charge in [-0.1, -0.05) is 17.7 Å². The Morgan fingerprint density at radius 3 is 2.81 bits per heavy atom. The maximum absolute atomic E-state index is 12.3. The van der Waals surface area contributed by atoms with Crippen LogP contribution < -0.4 is 16.2 Å². The van der Waals surface area contributed by atoms with Crippen LogP contribution in [0.2, 0.25) is 5.02 Å². The van der Waals surface area contributed by atoms with E-state index in [0.29, 0.717) is 39.9 Å². The van der Waals surface area contributed by atoms with Crippen LogP contribution in [0.1, 0.15) is 11.9 Å². The number of aliphatic hydroxyl groups is 2. The summed E-state index contributed by atoms with van der Waals surface area (Å²) in [5.41, 5.74) is 6.85. The topological polar surface area (TPSA) is 172 Å². The number of carbonyl (C=O) groups is 1. The fraction of sp³-hybridized carbons (Fsp3) is 0.273. The zero-order chi connectivity index (χ0) is 25.2. The van der Waals surface area contributed by atoms with E-state index in [1.807, 2.05) is 18.2 Å². The minimum Gasteiger partial charge on any atom is -0.387 e. The lowest BCUT2D eigenvalue weighted by atomic mass is 10.1. The molecule has 1 saturated heterocycles. The lowest BCUT2D eigenvalue weighted by Crippen LogP contribution is -2.46. The normalized spacial score (nSPS) is 21.6. The summed E-state index contributed by atoms with van der Waals surface area (Å²) in [4.78, 5) is 34.3. The van der Waals surface area contributed by atoms with E-state index in [1.165, 1.54) is 24.1 Å². The second kappa shape index (κ2) is 10.1. The van der Waals surface area contributed by atoms with Gasteiger partial charge in [0.2, 0.25) is 0 Å². The van der Waals surface area contributed by atoms with Crippen LogP contribution in [0.4, 0.5) is 5.82 Å². The number of imidazole rings is 1. The number of carbonyl (C=O) groups excluding carboxylic acids is 1. The Labute approximate surface area is 209 Å². The van der Waals surface area contributed by atoms with E-state index >= 15 is 0 Å². The van der Waals surface area contributed by atoms with Gasteiger partial charge in [0.1, 0.15) is 12.2 Å². The highest BCUT2D eigenvalue weighted by molar-refractivity contribution is 6.30. The van der Waals surface area contributed by atoms with Gasteiger partial charge in [0, 0.05) is 31.2 Å². The van der Waals surface area contributed by atoms with Gasteiger partial charge >= 0.3 is 0 Å². The van der Waals surface area contributed by atoms with Crippen molar-refractivity contribution in [2.45, 2.75) is 31.1 Å². The Bertz CT molecular complexity index is 1390. The monoisotopic (exact) mass is 511 g/mol. The molecule has 14 heteroatoms. The number of hydrogen-bond acceptors (Lipinski definition) is 11. The summed E-state index contributed by atoms with van der Waals surface area (Å²) in [7, 11) is 1.50. The van der Waals surface area contributed by atoms with E-state index in [9.17, 15) is 15.0 Å². The number of anilines is 1. The SMILES string of the molecule is CNNC(=O)[C@H]1O[C@@H](n2cnc3c(NCc4ccccn4)nc(-c4cncc(Cl)c4)nc32)[C@H](O)[C@@H]1O. The Balaban J connectivity index is 1.56. The van der Waals surface area contributed by atoms with Crippen LogP contribution in [0.5, 0.6) is 0 Å². The van der Waals surface area contributed by atoms with Gasteiger partial charge in [-0.05, 0) is 18.2 Å². The molecule has 0 unspecified atom stereocenters. The molecule has 4 aromatic rings. The van der Waals surface area contributed by atoms with Gasteiger partial charge in [-0.25, -0.2) is 20.4 Å². The lowest BCUT2D eigenvalue weighted by molar-refractivity contribution is -0.138. The molecule has 0 spiro atoms. The molecule has 1 fully saturated rings. The summed E-state index contributed by atoms with van der Waals surface area (Å²) < 4.78 is 7.18. The Morgan fingerprint density at radius 2 is 2.06 bits per heavy atom. The average Bonchev–Trinajstić information content (AvgIpc) is 3.44. The van der Waals surface area contributed by atoms with Gasteiger partial charge in [0.25, 0.3) is 5.91 Å². The quantitative estimate of drug-likeness (QED) is 0.218. The molecule has 5 N–H and O–H groups in total. The fourth-order valence-corrected chi connectivity index (χ4v) is 4.04. The fourth-order valence-electron chi connectivity index (χ4n) is 3.87. The first-order chi connectivity index (χ1) is 17.5. The largest absolute Gasteiger partial charge is 0.387 e. The highest BCUT2D eigenvalue weighted by Gasteiger charge is 2.47. The van der Waals surface area contributed by atoms with Crippen molar-refractivity contribution >= 4 is 34.5 Å². The smallest absolute Gasteiger partial charge is 0.266 e. The molecule has 186 valence electrons. The predicted octanol–water partition coefficient (Wildman–Crippen LogP) is 0.419. The second-order valence-corrected chi connectivity index (χ2v) is 8.39. The van der Waals surface area contributed by atoms with Crippen molar-refractivity contribution in [3.63, 3.8) is 0 Å². The first-order valence-electron chi connectivity index (χ1n) is 10.9. The van der Waals surface area contributed by atoms with Crippen molar-refractivity contribution in [1.82, 2.24) is 40.3 Å². The highest BCUT2D eigenvalue weighted by Crippen LogP contribution is 2.33. The molecule has 0 aliphatic carbocycles. The maximum atomic E-state index is 12.3. The molecule has 1 amide bonds. The van der Waals surface area contributed by atoms with Crippen molar-refractivity contribution in [2.75, 3.05) is 12.4 Å². The minimum atomic E-state index is -1.47. The Hall–Kier alpha value is -3.75. The maximum Gasteiger partial charge on any atom is 0.266 e. The van der Waals surface area contributed by atoms with E-state index in [1.54, 1.807) is 18.5 Å². The summed E-state index contributed by atoms with van der Waals surface area (Å²) in [5, 5.41) is 24.8. The first-order valence-corrected chi connectivity index (χ1v) is 11.3. The summed E-state index contributed by atoms with van der Waals surface area (Å²) in [6, 6.07) is 7.24. The number of rotatable bonds is 7. The third-order valence-corrected chi connectivity index (χ3v) is 5.77. The zero-order valence-corrected chi connectivity index (χ0v) is 19.7. The summed E-state index contributed by atoms with van der Waals surface area (Å²) in [6.45, 7) is 0.362. The number of aromatic nitrogens is 6. The van der Waals surface area contributed by atoms with E-state index in [2.05, 4.69) is 41.1 Å². The van der Waals surface area contributed by atoms with Gasteiger partial charge in [-0.2, -0.15) is 0 Å². The third-order valence-electron chi connectivity index (χ3n) is 5.57. The molecule has 5 heterocycles. The zero-order valence-electron chi connectivity index (χ0n) is 18.9. The van der Waals surface area contributed by atoms with Crippen molar-refractivity contribution in [2.24, 2.45) is 0 Å². The number of aliphatic hydroxyl groups excluding tert-OH is 2. The number of nitrogens with zero attached hydrogens (tertiary/aromatic N) is 6. The van der Waals surface area contributed by atoms with Crippen molar-refractivity contribution < 1.29 is 19.7 Å². The van der Waals surface area contributed by atoms with Crippen LogP contribution in [-0.4, -0.2) is 71.0 Å². The Morgan fingerprint density at radius 1 is 1.19 bits per heavy atom. The number of halogens is 1. The molecule has 1 aliphatic rings. The van der Waals surface area contributed by atoms with Crippen molar-refractivity contribution in [1.29, 1.82) is 0 Å². The molecule has 0 saturated carbocycles.